The molecule has 4 heterocycles. The van der Waals surface area contributed by atoms with Crippen LogP contribution < -0.4 is 0 Å². The van der Waals surface area contributed by atoms with Crippen molar-refractivity contribution in [3.05, 3.63) is 47.6 Å². The van der Waals surface area contributed by atoms with Gasteiger partial charge in [-0.2, -0.15) is 0 Å². The summed E-state index contributed by atoms with van der Waals surface area (Å²) in [4.78, 5) is 21.9. The monoisotopic (exact) mass is 370 g/mol. The summed E-state index contributed by atoms with van der Waals surface area (Å²) in [7, 11) is 0. The van der Waals surface area contributed by atoms with Gasteiger partial charge in [-0.1, -0.05) is 13.8 Å². The number of nitrogens with zero attached hydrogens (tertiary/aromatic N) is 6. The van der Waals surface area contributed by atoms with Crippen LogP contribution in [0, 0.1) is 13.8 Å². The summed E-state index contributed by atoms with van der Waals surface area (Å²) in [5, 5.41) is 0. The Morgan fingerprint density at radius 3 is 2.07 bits per heavy atom. The van der Waals surface area contributed by atoms with Crippen LogP contribution in [0.2, 0.25) is 0 Å². The molecule has 0 spiro atoms. The molecule has 0 aromatic carbocycles. The molecule has 148 valence electrons. The fourth-order valence-electron chi connectivity index (χ4n) is 3.08. The Bertz CT molecular complexity index is 665. The molecule has 2 fully saturated rings. The Morgan fingerprint density at radius 1 is 0.815 bits per heavy atom. The van der Waals surface area contributed by atoms with Gasteiger partial charge in [0, 0.05) is 30.8 Å². The summed E-state index contributed by atoms with van der Waals surface area (Å²) in [6, 6.07) is 1.94. The highest BCUT2D eigenvalue weighted by Crippen LogP contribution is 2.10. The number of hydrogen-bond donors (Lipinski definition) is 0. The van der Waals surface area contributed by atoms with Gasteiger partial charge in [0.05, 0.1) is 17.9 Å². The largest absolute Gasteiger partial charge is 0.297 e. The topological polar surface area (TPSA) is 58.0 Å². The number of likely N-dealkylation sites (tertiary alicyclic amines) is 2. The minimum Gasteiger partial charge on any atom is -0.297 e. The van der Waals surface area contributed by atoms with E-state index in [9.17, 15) is 0 Å². The maximum Gasteiger partial charge on any atom is 0.142 e. The zero-order chi connectivity index (χ0) is 19.5. The summed E-state index contributed by atoms with van der Waals surface area (Å²) in [6.07, 6.45) is 9.47. The van der Waals surface area contributed by atoms with Crippen LogP contribution in [0.25, 0.3) is 0 Å². The van der Waals surface area contributed by atoms with E-state index in [0.717, 1.165) is 36.0 Å². The second kappa shape index (κ2) is 11.7. The lowest BCUT2D eigenvalue weighted by Gasteiger charge is -2.30. The van der Waals surface area contributed by atoms with Crippen molar-refractivity contribution >= 4 is 0 Å². The third-order valence-electron chi connectivity index (χ3n) is 4.55. The fourth-order valence-corrected chi connectivity index (χ4v) is 3.08. The Labute approximate surface area is 164 Å². The summed E-state index contributed by atoms with van der Waals surface area (Å²) < 4.78 is 0. The molecular weight excluding hydrogens is 336 g/mol. The van der Waals surface area contributed by atoms with Gasteiger partial charge in [0.15, 0.2) is 0 Å². The van der Waals surface area contributed by atoms with Crippen LogP contribution in [-0.2, 0) is 13.1 Å². The van der Waals surface area contributed by atoms with Crippen molar-refractivity contribution < 1.29 is 0 Å². The van der Waals surface area contributed by atoms with E-state index in [2.05, 4.69) is 29.7 Å². The van der Waals surface area contributed by atoms with E-state index in [0.29, 0.717) is 0 Å². The van der Waals surface area contributed by atoms with Crippen LogP contribution in [0.15, 0.2) is 24.7 Å². The van der Waals surface area contributed by atoms with Gasteiger partial charge in [-0.15, -0.1) is 0 Å². The molecule has 2 aromatic rings. The molecule has 27 heavy (non-hydrogen) atoms. The van der Waals surface area contributed by atoms with E-state index in [1.54, 1.807) is 6.20 Å². The molecule has 0 N–H and O–H groups in total. The van der Waals surface area contributed by atoms with Crippen molar-refractivity contribution in [1.82, 2.24) is 29.7 Å². The summed E-state index contributed by atoms with van der Waals surface area (Å²) >= 11 is 0. The fraction of sp³-hybridized carbons (Fsp3) is 0.619. The zero-order valence-electron chi connectivity index (χ0n) is 17.4. The molecule has 0 radical (unpaired) electrons. The molecule has 2 aromatic heterocycles. The van der Waals surface area contributed by atoms with Gasteiger partial charge in [-0.3, -0.25) is 19.8 Å². The Hall–Kier alpha value is -1.92. The molecular formula is C21H34N6. The van der Waals surface area contributed by atoms with Crippen LogP contribution >= 0.6 is 0 Å². The predicted molar refractivity (Wildman–Crippen MR) is 109 cm³/mol. The Morgan fingerprint density at radius 2 is 1.48 bits per heavy atom. The van der Waals surface area contributed by atoms with Crippen LogP contribution in [0.4, 0.5) is 0 Å². The Kier molecular flexibility index (Phi) is 9.28. The lowest BCUT2D eigenvalue weighted by Crippen LogP contribution is -2.36. The molecule has 6 nitrogen and oxygen atoms in total. The van der Waals surface area contributed by atoms with E-state index in [-0.39, 0.29) is 0 Å². The minimum absolute atomic E-state index is 0.918. The molecule has 4 rings (SSSR count). The van der Waals surface area contributed by atoms with Crippen LogP contribution in [0.5, 0.6) is 0 Å². The first-order chi connectivity index (χ1) is 13.2. The highest BCUT2D eigenvalue weighted by Gasteiger charge is 2.14. The molecule has 0 unspecified atom stereocenters. The van der Waals surface area contributed by atoms with Gasteiger partial charge >= 0.3 is 0 Å². The zero-order valence-corrected chi connectivity index (χ0v) is 17.4. The molecule has 2 aliphatic heterocycles. The van der Waals surface area contributed by atoms with Crippen molar-refractivity contribution in [2.24, 2.45) is 0 Å². The van der Waals surface area contributed by atoms with Gasteiger partial charge in [-0.05, 0) is 65.4 Å². The number of aryl methyl sites for hydroxylation is 2. The molecule has 0 aliphatic carbocycles. The standard InChI is InChI=1S/C10H15N3.C9H13N3.C2H6/c1-9-4-5-11-10(12-9)8-13-6-2-3-7-13;1-8-5-10-6-9(11-8)7-12-3-2-4-12;1-2/h4-5H,2-3,6-8H2,1H3;5-6H,2-4,7H2,1H3;1-2H3. The highest BCUT2D eigenvalue weighted by atomic mass is 15.2. The molecule has 0 amide bonds. The maximum atomic E-state index is 4.39. The first kappa shape index (κ1) is 21.4. The average molecular weight is 371 g/mol. The number of aromatic nitrogens is 4. The first-order valence-electron chi connectivity index (χ1n) is 10.2. The third-order valence-corrected chi connectivity index (χ3v) is 4.55. The number of hydrogen-bond acceptors (Lipinski definition) is 6. The predicted octanol–water partition coefficient (Wildman–Crippen LogP) is 3.40. The van der Waals surface area contributed by atoms with Gasteiger partial charge in [0.25, 0.3) is 0 Å². The Balaban J connectivity index is 0.000000178. The van der Waals surface area contributed by atoms with Gasteiger partial charge < -0.3 is 0 Å². The highest BCUT2D eigenvalue weighted by molar-refractivity contribution is 5.02. The van der Waals surface area contributed by atoms with Gasteiger partial charge in [-0.25, -0.2) is 9.97 Å². The molecule has 6 heteroatoms. The number of rotatable bonds is 4. The second-order valence-corrected chi connectivity index (χ2v) is 6.88. The summed E-state index contributed by atoms with van der Waals surface area (Å²) in [5.41, 5.74) is 3.16. The van der Waals surface area contributed by atoms with E-state index >= 15 is 0 Å². The van der Waals surface area contributed by atoms with E-state index in [1.807, 2.05) is 46.2 Å². The van der Waals surface area contributed by atoms with Crippen molar-refractivity contribution in [3.8, 4) is 0 Å². The van der Waals surface area contributed by atoms with Crippen LogP contribution in [0.3, 0.4) is 0 Å². The molecule has 2 aliphatic rings. The normalized spacial score (nSPS) is 16.6. The third kappa shape index (κ3) is 7.69. The molecule has 2 saturated heterocycles. The van der Waals surface area contributed by atoms with E-state index in [4.69, 9.17) is 0 Å². The van der Waals surface area contributed by atoms with Crippen molar-refractivity contribution in [1.29, 1.82) is 0 Å². The summed E-state index contributed by atoms with van der Waals surface area (Å²) in [6.45, 7) is 14.7. The van der Waals surface area contributed by atoms with Crippen LogP contribution in [-0.4, -0.2) is 55.9 Å². The van der Waals surface area contributed by atoms with Gasteiger partial charge in [0.1, 0.15) is 5.82 Å². The van der Waals surface area contributed by atoms with Crippen molar-refractivity contribution in [2.45, 2.75) is 60.0 Å². The lowest BCUT2D eigenvalue weighted by atomic mass is 10.2. The molecule has 0 atom stereocenters. The summed E-state index contributed by atoms with van der Waals surface area (Å²) in [5.74, 6) is 0.960. The van der Waals surface area contributed by atoms with Crippen molar-refractivity contribution in [3.63, 3.8) is 0 Å². The molecule has 0 bridgehead atoms. The smallest absolute Gasteiger partial charge is 0.142 e. The first-order valence-corrected chi connectivity index (χ1v) is 10.2. The van der Waals surface area contributed by atoms with E-state index in [1.165, 1.54) is 45.4 Å². The van der Waals surface area contributed by atoms with Crippen LogP contribution in [0.1, 0.15) is 56.0 Å². The SMILES string of the molecule is CC.Cc1ccnc(CN2CCCC2)n1.Cc1cncc(CN2CCC2)n1. The quantitative estimate of drug-likeness (QED) is 0.822. The molecule has 0 saturated carbocycles. The van der Waals surface area contributed by atoms with Crippen molar-refractivity contribution in [2.75, 3.05) is 26.2 Å². The minimum atomic E-state index is 0.918. The maximum absolute atomic E-state index is 4.39. The van der Waals surface area contributed by atoms with Gasteiger partial charge in [0.2, 0.25) is 0 Å². The van der Waals surface area contributed by atoms with E-state index < -0.39 is 0 Å². The second-order valence-electron chi connectivity index (χ2n) is 6.88. The lowest BCUT2D eigenvalue weighted by molar-refractivity contribution is 0.170. The average Bonchev–Trinajstić information content (AvgIpc) is 3.14.